The molecule has 0 unspecified atom stereocenters. The Morgan fingerprint density at radius 3 is 2.81 bits per heavy atom. The van der Waals surface area contributed by atoms with E-state index in [0.29, 0.717) is 6.07 Å². The maximum atomic E-state index is 13.4. The van der Waals surface area contributed by atoms with Crippen molar-refractivity contribution in [1.29, 1.82) is 5.26 Å². The van der Waals surface area contributed by atoms with Crippen LogP contribution in [-0.2, 0) is 4.79 Å². The standard InChI is InChI=1S/C12H6F2N5O2/c13-8-1-2-10(9(14)3-8)21-12-16-5-7(4-15)11(18-12)19-17-6-20/h1-3,5H,(H,17,20)(H,16,18,19). The Morgan fingerprint density at radius 1 is 1.33 bits per heavy atom. The van der Waals surface area contributed by atoms with E-state index in [4.69, 9.17) is 10.00 Å². The summed E-state index contributed by atoms with van der Waals surface area (Å²) in [6, 6.07) is 4.19. The van der Waals surface area contributed by atoms with Crippen molar-refractivity contribution < 1.29 is 18.3 Å². The molecular weight excluding hydrogens is 284 g/mol. The molecule has 1 heterocycles. The van der Waals surface area contributed by atoms with Gasteiger partial charge in [0, 0.05) is 6.07 Å². The van der Waals surface area contributed by atoms with Crippen molar-refractivity contribution in [2.75, 3.05) is 5.43 Å². The maximum Gasteiger partial charge on any atom is 0.329 e. The number of carbonyl (C=O) groups excluding carboxylic acids is 1. The molecule has 0 saturated heterocycles. The average Bonchev–Trinajstić information content (AvgIpc) is 2.48. The van der Waals surface area contributed by atoms with Crippen molar-refractivity contribution in [3.05, 3.63) is 41.6 Å². The lowest BCUT2D eigenvalue weighted by Gasteiger charge is -2.08. The first-order valence-corrected chi connectivity index (χ1v) is 5.42. The van der Waals surface area contributed by atoms with Crippen LogP contribution in [0.1, 0.15) is 5.56 Å². The lowest BCUT2D eigenvalue weighted by atomic mass is 10.3. The fourth-order valence-electron chi connectivity index (χ4n) is 1.33. The summed E-state index contributed by atoms with van der Waals surface area (Å²) < 4.78 is 31.2. The minimum Gasteiger partial charge on any atom is -0.421 e. The van der Waals surface area contributed by atoms with Crippen molar-refractivity contribution in [1.82, 2.24) is 15.4 Å². The zero-order valence-corrected chi connectivity index (χ0v) is 10.2. The third-order valence-electron chi connectivity index (χ3n) is 2.21. The Labute approximate surface area is 117 Å². The molecule has 2 rings (SSSR count). The van der Waals surface area contributed by atoms with Gasteiger partial charge in [-0.25, -0.2) is 13.8 Å². The van der Waals surface area contributed by atoms with E-state index in [-0.39, 0.29) is 23.1 Å². The number of amides is 1. The molecule has 0 fully saturated rings. The fraction of sp³-hybridized carbons (Fsp3) is 0. The monoisotopic (exact) mass is 290 g/mol. The molecular formula is C12H6F2N5O2. The van der Waals surface area contributed by atoms with Crippen LogP contribution in [0.25, 0.3) is 0 Å². The number of halogens is 2. The summed E-state index contributed by atoms with van der Waals surface area (Å²) in [4.78, 5) is 17.6. The van der Waals surface area contributed by atoms with Gasteiger partial charge < -0.3 is 4.74 Å². The van der Waals surface area contributed by atoms with E-state index in [0.717, 1.165) is 18.3 Å². The number of nitriles is 1. The second kappa shape index (κ2) is 6.25. The molecule has 0 saturated carbocycles. The molecule has 0 atom stereocenters. The summed E-state index contributed by atoms with van der Waals surface area (Å²) in [7, 11) is 0. The fourth-order valence-corrected chi connectivity index (χ4v) is 1.33. The quantitative estimate of drug-likeness (QED) is 0.638. The Kier molecular flexibility index (Phi) is 4.20. The van der Waals surface area contributed by atoms with Gasteiger partial charge in [0.2, 0.25) is 0 Å². The number of nitrogens with zero attached hydrogens (tertiary/aromatic N) is 3. The van der Waals surface area contributed by atoms with Crippen molar-refractivity contribution in [2.24, 2.45) is 0 Å². The highest BCUT2D eigenvalue weighted by Gasteiger charge is 2.11. The molecule has 0 spiro atoms. The summed E-state index contributed by atoms with van der Waals surface area (Å²) in [6.45, 7) is 0. The van der Waals surface area contributed by atoms with Gasteiger partial charge in [0.05, 0.1) is 6.20 Å². The number of hydrogen-bond donors (Lipinski definition) is 2. The highest BCUT2D eigenvalue weighted by atomic mass is 19.1. The molecule has 1 aromatic heterocycles. The van der Waals surface area contributed by atoms with Crippen molar-refractivity contribution in [2.45, 2.75) is 0 Å². The molecule has 0 aliphatic carbocycles. The van der Waals surface area contributed by atoms with Gasteiger partial charge in [-0.1, -0.05) is 0 Å². The first-order valence-electron chi connectivity index (χ1n) is 5.42. The van der Waals surface area contributed by atoms with Gasteiger partial charge in [-0.05, 0) is 12.1 Å². The number of nitrogens with one attached hydrogen (secondary N) is 2. The number of ether oxygens (including phenoxy) is 1. The molecule has 0 aliphatic rings. The van der Waals surface area contributed by atoms with Gasteiger partial charge in [-0.2, -0.15) is 10.2 Å². The molecule has 2 N–H and O–H groups in total. The van der Waals surface area contributed by atoms with E-state index < -0.39 is 11.6 Å². The van der Waals surface area contributed by atoms with E-state index in [2.05, 4.69) is 15.4 Å². The predicted molar refractivity (Wildman–Crippen MR) is 65.6 cm³/mol. The Bertz CT molecular complexity index is 717. The number of aromatic nitrogens is 2. The van der Waals surface area contributed by atoms with Crippen LogP contribution < -0.4 is 15.6 Å². The summed E-state index contributed by atoms with van der Waals surface area (Å²) in [6.07, 6.45) is 2.44. The zero-order chi connectivity index (χ0) is 15.2. The minimum atomic E-state index is -0.934. The Hall–Kier alpha value is -3.28. The molecule has 105 valence electrons. The third-order valence-corrected chi connectivity index (χ3v) is 2.21. The van der Waals surface area contributed by atoms with Crippen molar-refractivity contribution >= 4 is 12.2 Å². The SMILES string of the molecule is N#Cc1cnc(Oc2ccc(F)cc2F)nc1NN[C]=O. The van der Waals surface area contributed by atoms with Gasteiger partial charge in [-0.3, -0.25) is 15.6 Å². The third kappa shape index (κ3) is 3.38. The van der Waals surface area contributed by atoms with E-state index in [1.807, 2.05) is 5.43 Å². The molecule has 1 radical (unpaired) electrons. The Balaban J connectivity index is 2.28. The zero-order valence-electron chi connectivity index (χ0n) is 10.2. The highest BCUT2D eigenvalue weighted by molar-refractivity contribution is 5.56. The summed E-state index contributed by atoms with van der Waals surface area (Å²) in [5.41, 5.74) is 4.27. The molecule has 0 bridgehead atoms. The topological polar surface area (TPSA) is 99.9 Å². The molecule has 21 heavy (non-hydrogen) atoms. The average molecular weight is 290 g/mol. The minimum absolute atomic E-state index is 0.0182. The van der Waals surface area contributed by atoms with Crippen molar-refractivity contribution in [3.8, 4) is 17.8 Å². The lowest BCUT2D eigenvalue weighted by molar-refractivity contribution is 0.408. The first kappa shape index (κ1) is 14.1. The van der Waals surface area contributed by atoms with Crippen LogP contribution in [0.15, 0.2) is 24.4 Å². The van der Waals surface area contributed by atoms with Crippen LogP contribution in [0.3, 0.4) is 0 Å². The van der Waals surface area contributed by atoms with Gasteiger partial charge in [-0.15, -0.1) is 0 Å². The molecule has 2 aromatic rings. The van der Waals surface area contributed by atoms with E-state index in [9.17, 15) is 13.6 Å². The summed E-state index contributed by atoms with van der Waals surface area (Å²) >= 11 is 0. The highest BCUT2D eigenvalue weighted by Crippen LogP contribution is 2.23. The lowest BCUT2D eigenvalue weighted by Crippen LogP contribution is -2.21. The largest absolute Gasteiger partial charge is 0.421 e. The van der Waals surface area contributed by atoms with Crippen LogP contribution in [-0.4, -0.2) is 16.4 Å². The molecule has 7 nitrogen and oxygen atoms in total. The normalized spacial score (nSPS) is 9.57. The number of benzene rings is 1. The Morgan fingerprint density at radius 2 is 2.14 bits per heavy atom. The van der Waals surface area contributed by atoms with Crippen LogP contribution >= 0.6 is 0 Å². The smallest absolute Gasteiger partial charge is 0.329 e. The molecule has 1 aromatic carbocycles. The van der Waals surface area contributed by atoms with Crippen LogP contribution in [0.5, 0.6) is 11.8 Å². The predicted octanol–water partition coefficient (Wildman–Crippen LogP) is 1.40. The molecule has 9 heteroatoms. The molecule has 0 aliphatic heterocycles. The van der Waals surface area contributed by atoms with Gasteiger partial charge in [0.25, 0.3) is 0 Å². The number of hydrogen-bond acceptors (Lipinski definition) is 6. The van der Waals surface area contributed by atoms with Crippen LogP contribution in [0, 0.1) is 23.0 Å². The van der Waals surface area contributed by atoms with Gasteiger partial charge >= 0.3 is 12.4 Å². The van der Waals surface area contributed by atoms with E-state index in [1.165, 1.54) is 6.41 Å². The number of anilines is 1. The van der Waals surface area contributed by atoms with Gasteiger partial charge in [0.15, 0.2) is 17.4 Å². The van der Waals surface area contributed by atoms with Crippen LogP contribution in [0.2, 0.25) is 0 Å². The number of hydrazine groups is 1. The maximum absolute atomic E-state index is 13.4. The first-order chi connectivity index (χ1) is 10.1. The van der Waals surface area contributed by atoms with Crippen molar-refractivity contribution in [3.63, 3.8) is 0 Å². The van der Waals surface area contributed by atoms with Crippen LogP contribution in [0.4, 0.5) is 14.6 Å². The number of rotatable bonds is 5. The second-order valence-corrected chi connectivity index (χ2v) is 3.56. The summed E-state index contributed by atoms with van der Waals surface area (Å²) in [5.74, 6) is -2.04. The van der Waals surface area contributed by atoms with Gasteiger partial charge in [0.1, 0.15) is 17.4 Å². The summed E-state index contributed by atoms with van der Waals surface area (Å²) in [5, 5.41) is 8.83. The van der Waals surface area contributed by atoms with E-state index >= 15 is 0 Å². The van der Waals surface area contributed by atoms with E-state index in [1.54, 1.807) is 6.07 Å². The second-order valence-electron chi connectivity index (χ2n) is 3.56. The molecule has 1 amide bonds.